The summed E-state index contributed by atoms with van der Waals surface area (Å²) in [5.41, 5.74) is 0.421. The molecule has 0 atom stereocenters. The van der Waals surface area contributed by atoms with E-state index in [-0.39, 0.29) is 5.57 Å². The fourth-order valence-electron chi connectivity index (χ4n) is 1.73. The highest BCUT2D eigenvalue weighted by Crippen LogP contribution is 2.19. The normalized spacial score (nSPS) is 15.9. The number of imide groups is 2. The molecular formula is C13H12N2O5. The maximum atomic E-state index is 12.1. The maximum Gasteiger partial charge on any atom is 0.383 e. The molecule has 1 fully saturated rings. The van der Waals surface area contributed by atoms with Gasteiger partial charge in [0, 0.05) is 0 Å². The lowest BCUT2D eigenvalue weighted by Gasteiger charge is -2.29. The minimum atomic E-state index is -0.991. The monoisotopic (exact) mass is 276 g/mol. The Bertz CT molecular complexity index is 554. The summed E-state index contributed by atoms with van der Waals surface area (Å²) in [5, 5.41) is 0.916. The summed E-state index contributed by atoms with van der Waals surface area (Å²) < 4.78 is 0. The van der Waals surface area contributed by atoms with Crippen LogP contribution in [0, 0.1) is 0 Å². The van der Waals surface area contributed by atoms with Gasteiger partial charge in [0.05, 0.1) is 14.2 Å². The van der Waals surface area contributed by atoms with Gasteiger partial charge in [-0.25, -0.2) is 4.79 Å². The Kier molecular flexibility index (Phi) is 3.92. The number of carbonyl (C=O) groups excluding carboxylic acids is 3. The highest BCUT2D eigenvalue weighted by molar-refractivity contribution is 6.29. The Balaban J connectivity index is 2.45. The fraction of sp³-hybridized carbons (Fsp3) is 0.154. The summed E-state index contributed by atoms with van der Waals surface area (Å²) in [6.07, 6.45) is 1.37. The molecule has 1 aromatic rings. The zero-order chi connectivity index (χ0) is 14.7. The minimum absolute atomic E-state index is 0.223. The van der Waals surface area contributed by atoms with Crippen molar-refractivity contribution in [2.75, 3.05) is 14.2 Å². The zero-order valence-electron chi connectivity index (χ0n) is 10.9. The SMILES string of the molecule is CON1C(=O)C(=Cc2ccccc2)C(=O)N(OC)C1=O. The smallest absolute Gasteiger partial charge is 0.266 e. The number of hydrogen-bond donors (Lipinski definition) is 0. The molecule has 0 bridgehead atoms. The molecule has 1 saturated heterocycles. The second-order valence-corrected chi connectivity index (χ2v) is 3.82. The lowest BCUT2D eigenvalue weighted by molar-refractivity contribution is -0.189. The predicted octanol–water partition coefficient (Wildman–Crippen LogP) is 0.984. The molecule has 4 amide bonds. The van der Waals surface area contributed by atoms with Crippen LogP contribution in [0.1, 0.15) is 5.56 Å². The van der Waals surface area contributed by atoms with Crippen LogP contribution in [0.5, 0.6) is 0 Å². The van der Waals surface area contributed by atoms with E-state index in [2.05, 4.69) is 9.68 Å². The fourth-order valence-corrected chi connectivity index (χ4v) is 1.73. The van der Waals surface area contributed by atoms with E-state index in [1.807, 2.05) is 0 Å². The van der Waals surface area contributed by atoms with E-state index in [4.69, 9.17) is 0 Å². The number of amides is 4. The van der Waals surface area contributed by atoms with Crippen molar-refractivity contribution in [3.63, 3.8) is 0 Å². The van der Waals surface area contributed by atoms with Gasteiger partial charge in [0.1, 0.15) is 5.57 Å². The summed E-state index contributed by atoms with van der Waals surface area (Å²) in [7, 11) is 2.30. The maximum absolute atomic E-state index is 12.1. The average molecular weight is 276 g/mol. The average Bonchev–Trinajstić information content (AvgIpc) is 2.46. The Hall–Kier alpha value is -2.51. The molecule has 0 unspecified atom stereocenters. The van der Waals surface area contributed by atoms with Crippen LogP contribution in [0.3, 0.4) is 0 Å². The second kappa shape index (κ2) is 5.64. The largest absolute Gasteiger partial charge is 0.383 e. The molecule has 104 valence electrons. The van der Waals surface area contributed by atoms with Crippen LogP contribution in [-0.2, 0) is 19.3 Å². The molecule has 0 radical (unpaired) electrons. The van der Waals surface area contributed by atoms with Gasteiger partial charge in [-0.2, -0.15) is 0 Å². The summed E-state index contributed by atoms with van der Waals surface area (Å²) in [5.74, 6) is -1.67. The van der Waals surface area contributed by atoms with Crippen molar-refractivity contribution in [2.24, 2.45) is 0 Å². The minimum Gasteiger partial charge on any atom is -0.266 e. The van der Waals surface area contributed by atoms with Gasteiger partial charge in [-0.3, -0.25) is 19.3 Å². The molecule has 0 aliphatic carbocycles. The van der Waals surface area contributed by atoms with Gasteiger partial charge < -0.3 is 0 Å². The molecular weight excluding hydrogens is 264 g/mol. The second-order valence-electron chi connectivity index (χ2n) is 3.82. The third-order valence-corrected chi connectivity index (χ3v) is 2.65. The Labute approximate surface area is 114 Å². The molecule has 2 rings (SSSR count). The van der Waals surface area contributed by atoms with Gasteiger partial charge >= 0.3 is 6.03 Å². The van der Waals surface area contributed by atoms with Gasteiger partial charge in [-0.05, 0) is 11.6 Å². The van der Waals surface area contributed by atoms with Gasteiger partial charge in [0.2, 0.25) is 0 Å². The lowest BCUT2D eigenvalue weighted by atomic mass is 10.1. The molecule has 20 heavy (non-hydrogen) atoms. The first-order valence-electron chi connectivity index (χ1n) is 5.68. The van der Waals surface area contributed by atoms with Crippen LogP contribution in [-0.4, -0.2) is 42.2 Å². The number of hydrogen-bond acceptors (Lipinski definition) is 5. The molecule has 7 heteroatoms. The van der Waals surface area contributed by atoms with Crippen LogP contribution >= 0.6 is 0 Å². The summed E-state index contributed by atoms with van der Waals surface area (Å²) in [6, 6.07) is 7.78. The van der Waals surface area contributed by atoms with E-state index < -0.39 is 17.8 Å². The highest BCUT2D eigenvalue weighted by Gasteiger charge is 2.43. The van der Waals surface area contributed by atoms with Gasteiger partial charge in [-0.1, -0.05) is 30.3 Å². The number of barbiturate groups is 1. The summed E-state index contributed by atoms with van der Waals surface area (Å²) in [4.78, 5) is 45.2. The number of nitrogens with zero attached hydrogens (tertiary/aromatic N) is 2. The molecule has 1 aliphatic heterocycles. The molecule has 0 spiro atoms. The zero-order valence-corrected chi connectivity index (χ0v) is 10.9. The number of urea groups is 1. The van der Waals surface area contributed by atoms with Crippen molar-refractivity contribution < 1.29 is 24.1 Å². The van der Waals surface area contributed by atoms with E-state index in [9.17, 15) is 14.4 Å². The third kappa shape index (κ3) is 2.31. The quantitative estimate of drug-likeness (QED) is 0.607. The molecule has 1 heterocycles. The molecule has 0 aromatic heterocycles. The van der Waals surface area contributed by atoms with E-state index in [0.29, 0.717) is 15.7 Å². The molecule has 0 saturated carbocycles. The van der Waals surface area contributed by atoms with E-state index in [1.165, 1.54) is 6.08 Å². The topological polar surface area (TPSA) is 76.2 Å². The van der Waals surface area contributed by atoms with Gasteiger partial charge in [0.25, 0.3) is 11.8 Å². The van der Waals surface area contributed by atoms with Gasteiger partial charge in [0.15, 0.2) is 0 Å². The first-order valence-corrected chi connectivity index (χ1v) is 5.68. The third-order valence-electron chi connectivity index (χ3n) is 2.65. The standard InChI is InChI=1S/C13H12N2O5/c1-19-14-11(16)10(8-9-6-4-3-5-7-9)12(17)15(20-2)13(14)18/h3-8H,1-2H3. The molecule has 1 aromatic carbocycles. The van der Waals surface area contributed by atoms with Crippen LogP contribution in [0.15, 0.2) is 35.9 Å². The number of rotatable bonds is 3. The molecule has 1 aliphatic rings. The first kappa shape index (κ1) is 13.9. The Morgan fingerprint density at radius 1 is 0.900 bits per heavy atom. The molecule has 7 nitrogen and oxygen atoms in total. The van der Waals surface area contributed by atoms with Crippen molar-refractivity contribution in [3.8, 4) is 0 Å². The summed E-state index contributed by atoms with van der Waals surface area (Å²) in [6.45, 7) is 0. The first-order chi connectivity index (χ1) is 9.60. The van der Waals surface area contributed by atoms with Crippen molar-refractivity contribution >= 4 is 23.9 Å². The Morgan fingerprint density at radius 2 is 1.40 bits per heavy atom. The van der Waals surface area contributed by atoms with Crippen molar-refractivity contribution in [3.05, 3.63) is 41.5 Å². The summed E-state index contributed by atoms with van der Waals surface area (Å²) >= 11 is 0. The van der Waals surface area contributed by atoms with Crippen LogP contribution in [0.2, 0.25) is 0 Å². The molecule has 0 N–H and O–H groups in total. The lowest BCUT2D eigenvalue weighted by Crippen LogP contribution is -2.55. The number of benzene rings is 1. The van der Waals surface area contributed by atoms with Crippen molar-refractivity contribution in [2.45, 2.75) is 0 Å². The Morgan fingerprint density at radius 3 is 1.85 bits per heavy atom. The van der Waals surface area contributed by atoms with E-state index in [1.54, 1.807) is 30.3 Å². The predicted molar refractivity (Wildman–Crippen MR) is 67.5 cm³/mol. The highest BCUT2D eigenvalue weighted by atomic mass is 16.7. The number of hydroxylamine groups is 4. The van der Waals surface area contributed by atoms with E-state index >= 15 is 0 Å². The van der Waals surface area contributed by atoms with E-state index in [0.717, 1.165) is 14.2 Å². The van der Waals surface area contributed by atoms with Crippen molar-refractivity contribution in [1.82, 2.24) is 10.1 Å². The number of carbonyl (C=O) groups is 3. The van der Waals surface area contributed by atoms with Crippen LogP contribution < -0.4 is 0 Å². The van der Waals surface area contributed by atoms with Crippen LogP contribution in [0.25, 0.3) is 6.08 Å². The van der Waals surface area contributed by atoms with Gasteiger partial charge in [-0.15, -0.1) is 10.1 Å². The van der Waals surface area contributed by atoms with Crippen molar-refractivity contribution in [1.29, 1.82) is 0 Å². The van der Waals surface area contributed by atoms with Crippen LogP contribution in [0.4, 0.5) is 4.79 Å².